The fourth-order valence-corrected chi connectivity index (χ4v) is 2.18. The summed E-state index contributed by atoms with van der Waals surface area (Å²) in [4.78, 5) is 12.3. The Morgan fingerprint density at radius 1 is 1.19 bits per heavy atom. The molecule has 0 saturated carbocycles. The number of rotatable bonds is 5. The van der Waals surface area contributed by atoms with Crippen LogP contribution in [0.5, 0.6) is 0 Å². The van der Waals surface area contributed by atoms with Crippen molar-refractivity contribution < 1.29 is 9.90 Å². The van der Waals surface area contributed by atoms with Crippen LogP contribution in [-0.2, 0) is 6.42 Å². The third-order valence-corrected chi connectivity index (χ3v) is 3.34. The van der Waals surface area contributed by atoms with Gasteiger partial charge in [-0.25, -0.2) is 0 Å². The Bertz CT molecular complexity index is 627. The predicted molar refractivity (Wildman–Crippen MR) is 86.2 cm³/mol. The molecule has 0 saturated heterocycles. The minimum atomic E-state index is -0.225. The molecule has 21 heavy (non-hydrogen) atoms. The number of benzene rings is 2. The van der Waals surface area contributed by atoms with Gasteiger partial charge in [-0.2, -0.15) is 0 Å². The predicted octanol–water partition coefficient (Wildman–Crippen LogP) is 3.17. The smallest absolute Gasteiger partial charge is 0.257 e. The summed E-state index contributed by atoms with van der Waals surface area (Å²) in [6, 6.07) is 12.5. The molecule has 0 heterocycles. The number of hydrogen-bond acceptors (Lipinski definition) is 3. The van der Waals surface area contributed by atoms with E-state index in [-0.39, 0.29) is 12.5 Å². The zero-order valence-corrected chi connectivity index (χ0v) is 12.4. The normalized spacial score (nSPS) is 10.2. The average Bonchev–Trinajstić information content (AvgIpc) is 2.49. The number of carbonyl (C=O) groups is 1. The van der Waals surface area contributed by atoms with Gasteiger partial charge < -0.3 is 15.7 Å². The second kappa shape index (κ2) is 7.11. The Balaban J connectivity index is 2.15. The lowest BCUT2D eigenvalue weighted by molar-refractivity contribution is 0.102. The minimum Gasteiger partial charge on any atom is -0.396 e. The zero-order valence-electron chi connectivity index (χ0n) is 11.7. The molecule has 0 spiro atoms. The summed E-state index contributed by atoms with van der Waals surface area (Å²) < 4.78 is 0. The van der Waals surface area contributed by atoms with Gasteiger partial charge in [0.05, 0.1) is 5.56 Å². The molecule has 3 N–H and O–H groups in total. The summed E-state index contributed by atoms with van der Waals surface area (Å²) in [6.45, 7) is 0.111. The van der Waals surface area contributed by atoms with Crippen LogP contribution in [0.4, 0.5) is 11.4 Å². The summed E-state index contributed by atoms with van der Waals surface area (Å²) in [5, 5.41) is 15.2. The van der Waals surface area contributed by atoms with Crippen molar-refractivity contribution in [2.24, 2.45) is 0 Å². The van der Waals surface area contributed by atoms with Crippen LogP contribution < -0.4 is 10.6 Å². The standard InChI is InChI=1S/C16H17ClN2O2/c1-18-15-7-4-12(17)10-14(15)16(21)19-13-5-2-11(3-6-13)8-9-20/h2-7,10,18,20H,8-9H2,1H3,(H,19,21). The van der Waals surface area contributed by atoms with Gasteiger partial charge in [-0.3, -0.25) is 4.79 Å². The number of nitrogens with one attached hydrogen (secondary N) is 2. The highest BCUT2D eigenvalue weighted by molar-refractivity contribution is 6.31. The van der Waals surface area contributed by atoms with Crippen molar-refractivity contribution in [1.29, 1.82) is 0 Å². The first-order chi connectivity index (χ1) is 10.1. The van der Waals surface area contributed by atoms with Gasteiger partial charge in [0.2, 0.25) is 0 Å². The molecule has 0 fully saturated rings. The van der Waals surface area contributed by atoms with Crippen LogP contribution in [0.3, 0.4) is 0 Å². The van der Waals surface area contributed by atoms with E-state index in [4.69, 9.17) is 16.7 Å². The van der Waals surface area contributed by atoms with Crippen molar-refractivity contribution >= 4 is 28.9 Å². The van der Waals surface area contributed by atoms with Gasteiger partial charge in [-0.1, -0.05) is 23.7 Å². The molecule has 0 atom stereocenters. The highest BCUT2D eigenvalue weighted by Crippen LogP contribution is 2.21. The molecule has 0 bridgehead atoms. The van der Waals surface area contributed by atoms with Crippen molar-refractivity contribution in [3.05, 3.63) is 58.6 Å². The van der Waals surface area contributed by atoms with Crippen LogP contribution in [0.1, 0.15) is 15.9 Å². The van der Waals surface area contributed by atoms with E-state index < -0.39 is 0 Å². The fourth-order valence-electron chi connectivity index (χ4n) is 2.00. The van der Waals surface area contributed by atoms with Crippen molar-refractivity contribution in [3.8, 4) is 0 Å². The minimum absolute atomic E-state index is 0.111. The Morgan fingerprint density at radius 2 is 1.90 bits per heavy atom. The molecule has 0 radical (unpaired) electrons. The van der Waals surface area contributed by atoms with Gasteiger partial charge in [0, 0.05) is 30.1 Å². The van der Waals surface area contributed by atoms with E-state index in [9.17, 15) is 4.79 Å². The highest BCUT2D eigenvalue weighted by Gasteiger charge is 2.11. The third-order valence-electron chi connectivity index (χ3n) is 3.11. The van der Waals surface area contributed by atoms with Crippen molar-refractivity contribution in [1.82, 2.24) is 0 Å². The Labute approximate surface area is 128 Å². The van der Waals surface area contributed by atoms with E-state index in [1.54, 1.807) is 25.2 Å². The van der Waals surface area contributed by atoms with Gasteiger partial charge in [-0.05, 0) is 42.3 Å². The van der Waals surface area contributed by atoms with Crippen LogP contribution in [0.2, 0.25) is 5.02 Å². The number of anilines is 2. The van der Waals surface area contributed by atoms with Crippen LogP contribution in [0.25, 0.3) is 0 Å². The number of amides is 1. The molecule has 2 rings (SSSR count). The number of halogens is 1. The number of carbonyl (C=O) groups excluding carboxylic acids is 1. The second-order valence-corrected chi connectivity index (χ2v) is 5.00. The molecule has 0 aromatic heterocycles. The van der Waals surface area contributed by atoms with Crippen molar-refractivity contribution in [3.63, 3.8) is 0 Å². The molecular formula is C16H17ClN2O2. The van der Waals surface area contributed by atoms with Crippen LogP contribution in [-0.4, -0.2) is 24.7 Å². The molecule has 0 unspecified atom stereocenters. The maximum Gasteiger partial charge on any atom is 0.257 e. The second-order valence-electron chi connectivity index (χ2n) is 4.56. The maximum absolute atomic E-state index is 12.3. The number of aliphatic hydroxyl groups is 1. The van der Waals surface area contributed by atoms with Gasteiger partial charge >= 0.3 is 0 Å². The molecule has 4 nitrogen and oxygen atoms in total. The van der Waals surface area contributed by atoms with Crippen LogP contribution >= 0.6 is 11.6 Å². The molecule has 0 aliphatic rings. The summed E-state index contributed by atoms with van der Waals surface area (Å²) >= 11 is 5.94. The van der Waals surface area contributed by atoms with Crippen molar-refractivity contribution in [2.75, 3.05) is 24.3 Å². The van der Waals surface area contributed by atoms with Crippen LogP contribution in [0.15, 0.2) is 42.5 Å². The van der Waals surface area contributed by atoms with Crippen LogP contribution in [0, 0.1) is 0 Å². The lowest BCUT2D eigenvalue weighted by Gasteiger charge is -2.10. The molecule has 0 aliphatic heterocycles. The summed E-state index contributed by atoms with van der Waals surface area (Å²) in [5.41, 5.74) is 2.93. The SMILES string of the molecule is CNc1ccc(Cl)cc1C(=O)Nc1ccc(CCO)cc1. The Morgan fingerprint density at radius 3 is 2.52 bits per heavy atom. The topological polar surface area (TPSA) is 61.4 Å². The molecule has 110 valence electrons. The lowest BCUT2D eigenvalue weighted by atomic mass is 10.1. The summed E-state index contributed by atoms with van der Waals surface area (Å²) in [7, 11) is 1.75. The maximum atomic E-state index is 12.3. The first kappa shape index (κ1) is 15.4. The van der Waals surface area contributed by atoms with E-state index >= 15 is 0 Å². The van der Waals surface area contributed by atoms with Gasteiger partial charge in [0.25, 0.3) is 5.91 Å². The van der Waals surface area contributed by atoms with Crippen molar-refractivity contribution in [2.45, 2.75) is 6.42 Å². The quantitative estimate of drug-likeness (QED) is 0.795. The molecular weight excluding hydrogens is 288 g/mol. The Hall–Kier alpha value is -2.04. The molecule has 0 aliphatic carbocycles. The largest absolute Gasteiger partial charge is 0.396 e. The monoisotopic (exact) mass is 304 g/mol. The molecule has 5 heteroatoms. The fraction of sp³-hybridized carbons (Fsp3) is 0.188. The molecule has 1 amide bonds. The zero-order chi connectivity index (χ0) is 15.2. The first-order valence-electron chi connectivity index (χ1n) is 6.62. The highest BCUT2D eigenvalue weighted by atomic mass is 35.5. The number of hydrogen-bond donors (Lipinski definition) is 3. The number of aliphatic hydroxyl groups excluding tert-OH is 1. The third kappa shape index (κ3) is 3.97. The van der Waals surface area contributed by atoms with E-state index in [0.717, 1.165) is 5.56 Å². The first-order valence-corrected chi connectivity index (χ1v) is 7.00. The van der Waals surface area contributed by atoms with E-state index in [2.05, 4.69) is 10.6 Å². The molecule has 2 aromatic rings. The Kier molecular flexibility index (Phi) is 5.20. The van der Waals surface area contributed by atoms with Gasteiger partial charge in [-0.15, -0.1) is 0 Å². The lowest BCUT2D eigenvalue weighted by Crippen LogP contribution is -2.14. The average molecular weight is 305 g/mol. The van der Waals surface area contributed by atoms with Gasteiger partial charge in [0.1, 0.15) is 0 Å². The molecule has 2 aromatic carbocycles. The summed E-state index contributed by atoms with van der Waals surface area (Å²) in [5.74, 6) is -0.225. The van der Waals surface area contributed by atoms with E-state index in [1.807, 2.05) is 24.3 Å². The summed E-state index contributed by atoms with van der Waals surface area (Å²) in [6.07, 6.45) is 0.604. The van der Waals surface area contributed by atoms with Gasteiger partial charge in [0.15, 0.2) is 0 Å². The van der Waals surface area contributed by atoms with E-state index in [0.29, 0.717) is 28.4 Å². The van der Waals surface area contributed by atoms with E-state index in [1.165, 1.54) is 0 Å².